The molecule has 1 atom stereocenters. The van der Waals surface area contributed by atoms with Crippen molar-refractivity contribution in [3.63, 3.8) is 0 Å². The summed E-state index contributed by atoms with van der Waals surface area (Å²) >= 11 is 0. The van der Waals surface area contributed by atoms with Gasteiger partial charge in [-0.1, -0.05) is 0 Å². The molecule has 0 aliphatic carbocycles. The fraction of sp³-hybridized carbons (Fsp3) is 0.538. The number of hydrogen-bond acceptors (Lipinski definition) is 5. The van der Waals surface area contributed by atoms with Crippen LogP contribution in [0, 0.1) is 10.1 Å². The van der Waals surface area contributed by atoms with Gasteiger partial charge in [-0.25, -0.2) is 0 Å². The predicted octanol–water partition coefficient (Wildman–Crippen LogP) is 1.32. The minimum atomic E-state index is -0.367. The van der Waals surface area contributed by atoms with E-state index in [4.69, 9.17) is 10.5 Å². The number of benzene rings is 1. The predicted molar refractivity (Wildman–Crippen MR) is 73.5 cm³/mol. The number of nitro groups is 1. The number of non-ortho nitro benzene ring substituents is 1. The van der Waals surface area contributed by atoms with E-state index in [-0.39, 0.29) is 16.7 Å². The molecular weight excluding hydrogens is 246 g/mol. The molecule has 1 aromatic rings. The van der Waals surface area contributed by atoms with E-state index < -0.39 is 0 Å². The lowest BCUT2D eigenvalue weighted by atomic mass is 10.0. The maximum atomic E-state index is 10.9. The van der Waals surface area contributed by atoms with E-state index in [1.807, 2.05) is 13.0 Å². The highest BCUT2D eigenvalue weighted by Crippen LogP contribution is 2.27. The van der Waals surface area contributed by atoms with Gasteiger partial charge in [0.2, 0.25) is 0 Å². The third kappa shape index (κ3) is 3.42. The van der Waals surface area contributed by atoms with E-state index in [2.05, 4.69) is 4.90 Å². The number of nitrogens with zero attached hydrogens (tertiary/aromatic N) is 2. The van der Waals surface area contributed by atoms with Crippen LogP contribution >= 0.6 is 0 Å². The highest BCUT2D eigenvalue weighted by Gasteiger charge is 2.18. The lowest BCUT2D eigenvalue weighted by molar-refractivity contribution is -0.384. The molecule has 1 aliphatic heterocycles. The molecular formula is C13H19N3O3. The monoisotopic (exact) mass is 265 g/mol. The molecule has 6 heteroatoms. The normalized spacial score (nSPS) is 17.3. The standard InChI is InChI=1S/C13H19N3O3/c1-10(14)8-11-9-12(16(17)18)2-3-13(11)15-4-6-19-7-5-15/h2-3,9-10H,4-8,14H2,1H3. The van der Waals surface area contributed by atoms with Crippen LogP contribution in [0.1, 0.15) is 12.5 Å². The molecule has 19 heavy (non-hydrogen) atoms. The molecule has 2 N–H and O–H groups in total. The lowest BCUT2D eigenvalue weighted by Gasteiger charge is -2.30. The van der Waals surface area contributed by atoms with Gasteiger partial charge in [-0.3, -0.25) is 10.1 Å². The second kappa shape index (κ2) is 5.99. The van der Waals surface area contributed by atoms with Crippen LogP contribution in [0.3, 0.4) is 0 Å². The number of ether oxygens (including phenoxy) is 1. The van der Waals surface area contributed by atoms with Gasteiger partial charge >= 0.3 is 0 Å². The highest BCUT2D eigenvalue weighted by atomic mass is 16.6. The number of anilines is 1. The molecule has 6 nitrogen and oxygen atoms in total. The number of rotatable bonds is 4. The molecule has 0 radical (unpaired) electrons. The molecule has 1 aromatic carbocycles. The zero-order chi connectivity index (χ0) is 13.8. The van der Waals surface area contributed by atoms with Crippen molar-refractivity contribution < 1.29 is 9.66 Å². The Balaban J connectivity index is 2.31. The molecule has 0 spiro atoms. The van der Waals surface area contributed by atoms with Crippen molar-refractivity contribution in [2.75, 3.05) is 31.2 Å². The summed E-state index contributed by atoms with van der Waals surface area (Å²) < 4.78 is 5.33. The molecule has 0 aromatic heterocycles. The van der Waals surface area contributed by atoms with Crippen LogP contribution in [0.4, 0.5) is 11.4 Å². The Kier molecular flexibility index (Phi) is 4.34. The largest absolute Gasteiger partial charge is 0.378 e. The summed E-state index contributed by atoms with van der Waals surface area (Å²) in [5.41, 5.74) is 7.92. The number of nitrogens with two attached hydrogens (primary N) is 1. The first-order chi connectivity index (χ1) is 9.08. The zero-order valence-corrected chi connectivity index (χ0v) is 11.0. The number of nitro benzene ring substituents is 1. The van der Waals surface area contributed by atoms with Crippen molar-refractivity contribution in [3.05, 3.63) is 33.9 Å². The summed E-state index contributed by atoms with van der Waals surface area (Å²) in [7, 11) is 0. The summed E-state index contributed by atoms with van der Waals surface area (Å²) in [6.07, 6.45) is 0.633. The second-order valence-corrected chi connectivity index (χ2v) is 4.85. The van der Waals surface area contributed by atoms with Gasteiger partial charge in [0.05, 0.1) is 18.1 Å². The smallest absolute Gasteiger partial charge is 0.269 e. The van der Waals surface area contributed by atoms with Gasteiger partial charge < -0.3 is 15.4 Å². The van der Waals surface area contributed by atoms with Crippen LogP contribution in [-0.4, -0.2) is 37.3 Å². The van der Waals surface area contributed by atoms with Gasteiger partial charge in [-0.05, 0) is 25.0 Å². The van der Waals surface area contributed by atoms with Crippen molar-refractivity contribution in [2.45, 2.75) is 19.4 Å². The molecule has 0 saturated carbocycles. The molecule has 0 amide bonds. The van der Waals surface area contributed by atoms with E-state index in [0.717, 1.165) is 24.3 Å². The Morgan fingerprint density at radius 3 is 2.74 bits per heavy atom. The topological polar surface area (TPSA) is 81.6 Å². The average molecular weight is 265 g/mol. The molecule has 1 unspecified atom stereocenters. The maximum absolute atomic E-state index is 10.9. The lowest BCUT2D eigenvalue weighted by Crippen LogP contribution is -2.37. The Labute approximate surface area is 112 Å². The second-order valence-electron chi connectivity index (χ2n) is 4.85. The fourth-order valence-corrected chi connectivity index (χ4v) is 2.31. The molecule has 104 valence electrons. The molecule has 1 saturated heterocycles. The van der Waals surface area contributed by atoms with Crippen molar-refractivity contribution in [1.82, 2.24) is 0 Å². The Morgan fingerprint density at radius 1 is 1.47 bits per heavy atom. The minimum Gasteiger partial charge on any atom is -0.378 e. The Bertz CT molecular complexity index is 456. The van der Waals surface area contributed by atoms with Gasteiger partial charge in [-0.2, -0.15) is 0 Å². The number of hydrogen-bond donors (Lipinski definition) is 1. The van der Waals surface area contributed by atoms with Crippen LogP contribution < -0.4 is 10.6 Å². The van der Waals surface area contributed by atoms with Crippen LogP contribution in [0.5, 0.6) is 0 Å². The summed E-state index contributed by atoms with van der Waals surface area (Å²) in [6, 6.07) is 4.98. The Morgan fingerprint density at radius 2 is 2.16 bits per heavy atom. The summed E-state index contributed by atoms with van der Waals surface area (Å²) in [5, 5.41) is 10.9. The highest BCUT2D eigenvalue weighted by molar-refractivity contribution is 5.58. The first-order valence-corrected chi connectivity index (χ1v) is 6.43. The summed E-state index contributed by atoms with van der Waals surface area (Å²) in [5.74, 6) is 0. The third-order valence-corrected chi connectivity index (χ3v) is 3.17. The first kappa shape index (κ1) is 13.8. The zero-order valence-electron chi connectivity index (χ0n) is 11.0. The van der Waals surface area contributed by atoms with Gasteiger partial charge in [0.1, 0.15) is 0 Å². The third-order valence-electron chi connectivity index (χ3n) is 3.17. The van der Waals surface area contributed by atoms with E-state index >= 15 is 0 Å². The molecule has 1 aliphatic rings. The van der Waals surface area contributed by atoms with Crippen LogP contribution in [0.2, 0.25) is 0 Å². The van der Waals surface area contributed by atoms with Crippen LogP contribution in [-0.2, 0) is 11.2 Å². The Hall–Kier alpha value is -1.66. The van der Waals surface area contributed by atoms with Crippen molar-refractivity contribution in [2.24, 2.45) is 5.73 Å². The summed E-state index contributed by atoms with van der Waals surface area (Å²) in [4.78, 5) is 12.7. The van der Waals surface area contributed by atoms with Crippen molar-refractivity contribution >= 4 is 11.4 Å². The van der Waals surface area contributed by atoms with E-state index in [0.29, 0.717) is 19.6 Å². The first-order valence-electron chi connectivity index (χ1n) is 6.43. The van der Waals surface area contributed by atoms with Crippen molar-refractivity contribution in [1.29, 1.82) is 0 Å². The van der Waals surface area contributed by atoms with Gasteiger partial charge in [-0.15, -0.1) is 0 Å². The molecule has 1 fully saturated rings. The van der Waals surface area contributed by atoms with E-state index in [1.54, 1.807) is 12.1 Å². The minimum absolute atomic E-state index is 0.0261. The molecule has 0 bridgehead atoms. The summed E-state index contributed by atoms with van der Waals surface area (Å²) in [6.45, 7) is 4.90. The average Bonchev–Trinajstić information content (AvgIpc) is 2.39. The van der Waals surface area contributed by atoms with Crippen LogP contribution in [0.15, 0.2) is 18.2 Å². The van der Waals surface area contributed by atoms with Crippen LogP contribution in [0.25, 0.3) is 0 Å². The maximum Gasteiger partial charge on any atom is 0.269 e. The fourth-order valence-electron chi connectivity index (χ4n) is 2.31. The molecule has 2 rings (SSSR count). The quantitative estimate of drug-likeness (QED) is 0.656. The number of morpholine rings is 1. The van der Waals surface area contributed by atoms with Gasteiger partial charge in [0.25, 0.3) is 5.69 Å². The van der Waals surface area contributed by atoms with Gasteiger partial charge in [0.15, 0.2) is 0 Å². The SMILES string of the molecule is CC(N)Cc1cc([N+](=O)[O-])ccc1N1CCOCC1. The van der Waals surface area contributed by atoms with Gasteiger partial charge in [0, 0.05) is 37.0 Å². The van der Waals surface area contributed by atoms with E-state index in [1.165, 1.54) is 0 Å². The van der Waals surface area contributed by atoms with E-state index in [9.17, 15) is 10.1 Å². The van der Waals surface area contributed by atoms with Crippen molar-refractivity contribution in [3.8, 4) is 0 Å². The molecule has 1 heterocycles.